The Morgan fingerprint density at radius 1 is 0.865 bits per heavy atom. The Labute approximate surface area is 204 Å². The molecule has 0 saturated carbocycles. The Morgan fingerprint density at radius 2 is 1.70 bits per heavy atom. The maximum Gasteiger partial charge on any atom is 0.438 e. The summed E-state index contributed by atoms with van der Waals surface area (Å²) in [5.41, 5.74) is 2.96. The van der Waals surface area contributed by atoms with Crippen LogP contribution in [0.15, 0.2) is 72.9 Å². The van der Waals surface area contributed by atoms with E-state index < -0.39 is 11.9 Å². The second-order valence-corrected chi connectivity index (χ2v) is 9.47. The Hall–Kier alpha value is -4.90. The van der Waals surface area contributed by atoms with Crippen molar-refractivity contribution in [2.24, 2.45) is 0 Å². The van der Waals surface area contributed by atoms with Crippen molar-refractivity contribution in [3.8, 4) is 40.2 Å². The van der Waals surface area contributed by atoms with Crippen LogP contribution in [0, 0.1) is 0 Å². The average Bonchev–Trinajstić information content (AvgIpc) is 3.56. The third-order valence-electron chi connectivity index (χ3n) is 7.73. The number of halogens is 3. The summed E-state index contributed by atoms with van der Waals surface area (Å²) in [6, 6.07) is 19.9. The molecule has 10 rings (SSSR count). The summed E-state index contributed by atoms with van der Waals surface area (Å²) in [7, 11) is 0. The number of pyridine rings is 2. The molecule has 4 aliphatic heterocycles. The van der Waals surface area contributed by atoms with Gasteiger partial charge in [0, 0.05) is 27.0 Å². The van der Waals surface area contributed by atoms with Gasteiger partial charge in [0.15, 0.2) is 28.9 Å². The molecule has 37 heavy (non-hydrogen) atoms. The highest BCUT2D eigenvalue weighted by Crippen LogP contribution is 2.56. The van der Waals surface area contributed by atoms with Crippen LogP contribution in [0.2, 0.25) is 0 Å². The Kier molecular flexibility index (Phi) is 2.62. The molecular weight excluding hydrogens is 485 g/mol. The van der Waals surface area contributed by atoms with Crippen LogP contribution in [0.5, 0.6) is 23.1 Å². The zero-order valence-corrected chi connectivity index (χ0v) is 18.6. The molecule has 0 N–H and O–H groups in total. The van der Waals surface area contributed by atoms with Crippen LogP contribution in [0.25, 0.3) is 39.0 Å². The predicted molar refractivity (Wildman–Crippen MR) is 122 cm³/mol. The second kappa shape index (κ2) is 5.27. The molecule has 4 aliphatic rings. The van der Waals surface area contributed by atoms with Crippen LogP contribution >= 0.6 is 0 Å². The lowest BCUT2D eigenvalue weighted by Crippen LogP contribution is -2.88. The first kappa shape index (κ1) is 18.4. The molecule has 0 fully saturated rings. The Balaban J connectivity index is 1.53. The lowest BCUT2D eigenvalue weighted by Gasteiger charge is -2.31. The SMILES string of the molecule is FC(F)(F)c1cc2n(n1)[N+]13c4c(ccc5c4-n4c6c(cccc6c6ccc[n+]1c64)O5)Oc1cccc-2[n+]13. The zero-order valence-electron chi connectivity index (χ0n) is 18.6. The number of aromatic nitrogens is 5. The number of fused-ring (bicyclic) bond motifs is 3. The Bertz CT molecular complexity index is 2110. The van der Waals surface area contributed by atoms with E-state index in [0.29, 0.717) is 45.9 Å². The van der Waals surface area contributed by atoms with Gasteiger partial charge in [0.25, 0.3) is 5.69 Å². The summed E-state index contributed by atoms with van der Waals surface area (Å²) >= 11 is 0. The molecule has 1 unspecified atom stereocenters. The number of nitrogens with zero attached hydrogens (tertiary/aromatic N) is 6. The minimum Gasteiger partial charge on any atom is -0.448 e. The number of alkyl halides is 3. The number of para-hydroxylation sites is 1. The van der Waals surface area contributed by atoms with Gasteiger partial charge in [-0.1, -0.05) is 6.07 Å². The van der Waals surface area contributed by atoms with Gasteiger partial charge in [-0.2, -0.15) is 17.7 Å². The quantitative estimate of drug-likeness (QED) is 0.224. The van der Waals surface area contributed by atoms with Crippen LogP contribution in [-0.4, -0.2) is 14.5 Å². The second-order valence-electron chi connectivity index (χ2n) is 9.47. The van der Waals surface area contributed by atoms with E-state index in [-0.39, 0.29) is 4.81 Å². The van der Waals surface area contributed by atoms with Crippen molar-refractivity contribution in [1.29, 1.82) is 0 Å². The van der Waals surface area contributed by atoms with E-state index in [1.165, 1.54) is 4.79 Å². The highest BCUT2D eigenvalue weighted by Gasteiger charge is 2.72. The van der Waals surface area contributed by atoms with Crippen LogP contribution in [0.1, 0.15) is 5.69 Å². The molecule has 6 aromatic rings. The average molecular weight is 497 g/mol. The molecule has 1 atom stereocenters. The molecule has 0 amide bonds. The molecule has 0 aliphatic carbocycles. The molecule has 1 spiro atoms. The molecule has 11 heteroatoms. The first-order chi connectivity index (χ1) is 18.0. The number of benzene rings is 2. The van der Waals surface area contributed by atoms with Crippen molar-refractivity contribution in [3.05, 3.63) is 78.6 Å². The normalized spacial score (nSPS) is 18.7. The van der Waals surface area contributed by atoms with Crippen LogP contribution in [0.4, 0.5) is 18.9 Å². The van der Waals surface area contributed by atoms with Gasteiger partial charge >= 0.3 is 29.1 Å². The van der Waals surface area contributed by atoms with Gasteiger partial charge in [-0.25, -0.2) is 0 Å². The molecule has 8 heterocycles. The molecular formula is C26H12F3N6O2+3. The maximum atomic E-state index is 14.0. The van der Waals surface area contributed by atoms with Gasteiger partial charge in [0.2, 0.25) is 16.3 Å². The highest BCUT2D eigenvalue weighted by atomic mass is 19.4. The van der Waals surface area contributed by atoms with Crippen molar-refractivity contribution >= 4 is 27.6 Å². The molecule has 0 saturated heterocycles. The van der Waals surface area contributed by atoms with Gasteiger partial charge in [-0.05, 0) is 42.5 Å². The summed E-state index contributed by atoms with van der Waals surface area (Å²) in [6.45, 7) is 0. The zero-order chi connectivity index (χ0) is 24.4. The maximum absolute atomic E-state index is 14.0. The summed E-state index contributed by atoms with van der Waals surface area (Å²) in [5, 5.41) is 6.13. The van der Waals surface area contributed by atoms with Gasteiger partial charge in [-0.15, -0.1) is 5.10 Å². The van der Waals surface area contributed by atoms with E-state index in [1.807, 2.05) is 58.0 Å². The first-order valence-electron chi connectivity index (χ1n) is 11.6. The predicted octanol–water partition coefficient (Wildman–Crippen LogP) is 4.78. The van der Waals surface area contributed by atoms with Gasteiger partial charge in [0.05, 0.1) is 11.5 Å². The number of ether oxygens (including phenoxy) is 2. The van der Waals surface area contributed by atoms with E-state index in [4.69, 9.17) is 9.47 Å². The molecule has 176 valence electrons. The number of hydrogen-bond donors (Lipinski definition) is 0. The highest BCUT2D eigenvalue weighted by molar-refractivity contribution is 6.11. The summed E-state index contributed by atoms with van der Waals surface area (Å²) in [4.78, 5) is 1.11. The van der Waals surface area contributed by atoms with Crippen LogP contribution < -0.4 is 23.6 Å². The van der Waals surface area contributed by atoms with Gasteiger partial charge in [-0.3, -0.25) is 0 Å². The van der Waals surface area contributed by atoms with Crippen LogP contribution in [-0.2, 0) is 6.18 Å². The molecule has 8 nitrogen and oxygen atoms in total. The Morgan fingerprint density at radius 3 is 2.59 bits per heavy atom. The van der Waals surface area contributed by atoms with E-state index in [1.54, 1.807) is 18.2 Å². The molecule has 2 aromatic carbocycles. The van der Waals surface area contributed by atoms with Gasteiger partial charge < -0.3 is 9.47 Å². The van der Waals surface area contributed by atoms with E-state index in [9.17, 15) is 13.2 Å². The fourth-order valence-electron chi connectivity index (χ4n) is 6.48. The summed E-state index contributed by atoms with van der Waals surface area (Å²) < 4.78 is 60.7. The fraction of sp³-hybridized carbons (Fsp3) is 0.0385. The van der Waals surface area contributed by atoms with Crippen LogP contribution in [0.3, 0.4) is 0 Å². The lowest BCUT2D eigenvalue weighted by molar-refractivity contribution is -1.05. The third kappa shape index (κ3) is 1.71. The van der Waals surface area contributed by atoms with Crippen molar-refractivity contribution < 1.29 is 32.0 Å². The number of quaternary nitrogens is 1. The number of hydrogen-bond acceptors (Lipinski definition) is 3. The van der Waals surface area contributed by atoms with Crippen molar-refractivity contribution in [2.45, 2.75) is 6.18 Å². The first-order valence-corrected chi connectivity index (χ1v) is 11.6. The monoisotopic (exact) mass is 497 g/mol. The van der Waals surface area contributed by atoms with E-state index >= 15 is 0 Å². The summed E-state index contributed by atoms with van der Waals surface area (Å²) in [5.74, 6) is 2.29. The van der Waals surface area contributed by atoms with Crippen molar-refractivity contribution in [3.63, 3.8) is 0 Å². The minimum atomic E-state index is -4.61. The van der Waals surface area contributed by atoms with E-state index in [0.717, 1.165) is 28.0 Å². The van der Waals surface area contributed by atoms with Crippen molar-refractivity contribution in [2.75, 3.05) is 0 Å². The molecule has 0 bridgehead atoms. The smallest absolute Gasteiger partial charge is 0.438 e. The lowest BCUT2D eigenvalue weighted by atomic mass is 10.1. The summed E-state index contributed by atoms with van der Waals surface area (Å²) in [6.07, 6.45) is -2.73. The molecule has 0 radical (unpaired) electrons. The van der Waals surface area contributed by atoms with Crippen molar-refractivity contribution in [1.82, 2.24) is 19.3 Å². The fourth-order valence-corrected chi connectivity index (χ4v) is 6.48. The largest absolute Gasteiger partial charge is 0.448 e. The number of rotatable bonds is 0. The van der Waals surface area contributed by atoms with E-state index in [2.05, 4.69) is 9.67 Å². The topological polar surface area (TPSA) is 49.0 Å². The standard InChI is InChI=1S/C26H12F3N6O2/c27-26(28,29)20-12-16-15-6-2-8-21-33(15)35(34(16)30-20)24-19(37-21)10-9-18-23(24)32-22-13(4-1-7-17(22)36-18)14-5-3-11-31(35)25(14)32/h1-12H/q+3. The minimum absolute atomic E-state index is 0.318. The van der Waals surface area contributed by atoms with Gasteiger partial charge in [0.1, 0.15) is 4.68 Å². The third-order valence-corrected chi connectivity index (χ3v) is 7.73. The molecule has 4 aromatic heterocycles.